The van der Waals surface area contributed by atoms with Crippen LogP contribution in [0.25, 0.3) is 6.08 Å². The van der Waals surface area contributed by atoms with E-state index in [0.29, 0.717) is 0 Å². The Morgan fingerprint density at radius 2 is 1.77 bits per heavy atom. The summed E-state index contributed by atoms with van der Waals surface area (Å²) in [5.74, 6) is 0. The second kappa shape index (κ2) is 3.75. The first-order valence-corrected chi connectivity index (χ1v) is 4.46. The van der Waals surface area contributed by atoms with Gasteiger partial charge in [0.25, 0.3) is 0 Å². The average Bonchev–Trinajstić information content (AvgIpc) is 2.04. The third-order valence-electron chi connectivity index (χ3n) is 2.15. The zero-order chi connectivity index (χ0) is 9.90. The van der Waals surface area contributed by atoms with Crippen LogP contribution in [0.2, 0.25) is 0 Å². The Kier molecular flexibility index (Phi) is 2.89. The molecule has 1 heteroatoms. The number of benzene rings is 1. The summed E-state index contributed by atoms with van der Waals surface area (Å²) in [4.78, 5) is 0. The van der Waals surface area contributed by atoms with Gasteiger partial charge in [-0.2, -0.15) is 0 Å². The Morgan fingerprint density at radius 3 is 2.23 bits per heavy atom. The van der Waals surface area contributed by atoms with E-state index in [1.807, 2.05) is 43.3 Å². The van der Waals surface area contributed by atoms with Crippen molar-refractivity contribution in [3.8, 4) is 0 Å². The highest BCUT2D eigenvalue weighted by atomic mass is 16.3. The first-order valence-electron chi connectivity index (χ1n) is 4.46. The van der Waals surface area contributed by atoms with Crippen LogP contribution in [0.15, 0.2) is 35.9 Å². The van der Waals surface area contributed by atoms with E-state index in [0.717, 1.165) is 11.1 Å². The smallest absolute Gasteiger partial charge is 0.0801 e. The predicted octanol–water partition coefficient (Wildman–Crippen LogP) is 2.86. The minimum Gasteiger partial charge on any atom is -0.386 e. The molecule has 0 aliphatic rings. The molecule has 0 bridgehead atoms. The Hall–Kier alpha value is -1.08. The molecule has 0 aromatic heterocycles. The zero-order valence-corrected chi connectivity index (χ0v) is 8.41. The number of hydrogen-bond donors (Lipinski definition) is 1. The van der Waals surface area contributed by atoms with E-state index < -0.39 is 5.60 Å². The summed E-state index contributed by atoms with van der Waals surface area (Å²) in [6.45, 7) is 5.52. The zero-order valence-electron chi connectivity index (χ0n) is 8.41. The Balaban J connectivity index is 2.90. The summed E-state index contributed by atoms with van der Waals surface area (Å²) in [6, 6.07) is 10.0. The van der Waals surface area contributed by atoms with Crippen LogP contribution >= 0.6 is 0 Å². The van der Waals surface area contributed by atoms with Crippen LogP contribution in [-0.4, -0.2) is 10.7 Å². The first kappa shape index (κ1) is 10.0. The van der Waals surface area contributed by atoms with Crippen LogP contribution in [0, 0.1) is 0 Å². The third-order valence-corrected chi connectivity index (χ3v) is 2.15. The molecular formula is C12H16O. The van der Waals surface area contributed by atoms with Crippen molar-refractivity contribution in [3.63, 3.8) is 0 Å². The molecule has 0 saturated carbocycles. The van der Waals surface area contributed by atoms with Crippen molar-refractivity contribution in [2.24, 2.45) is 0 Å². The molecule has 0 heterocycles. The highest BCUT2D eigenvalue weighted by Gasteiger charge is 2.14. The minimum absolute atomic E-state index is 0.726. The van der Waals surface area contributed by atoms with E-state index in [9.17, 15) is 5.11 Å². The molecule has 0 amide bonds. The van der Waals surface area contributed by atoms with Gasteiger partial charge < -0.3 is 5.11 Å². The molecule has 1 rings (SSSR count). The van der Waals surface area contributed by atoms with Gasteiger partial charge in [-0.3, -0.25) is 0 Å². The van der Waals surface area contributed by atoms with Crippen LogP contribution in [-0.2, 0) is 0 Å². The lowest BCUT2D eigenvalue weighted by atomic mass is 9.98. The highest BCUT2D eigenvalue weighted by Crippen LogP contribution is 2.17. The van der Waals surface area contributed by atoms with Gasteiger partial charge in [0.2, 0.25) is 0 Å². The fraction of sp³-hybridized carbons (Fsp3) is 0.333. The molecule has 0 fully saturated rings. The second-order valence-corrected chi connectivity index (χ2v) is 3.80. The number of aliphatic hydroxyl groups is 1. The second-order valence-electron chi connectivity index (χ2n) is 3.80. The summed E-state index contributed by atoms with van der Waals surface area (Å²) in [5.41, 5.74) is 1.37. The molecule has 0 radical (unpaired) electrons. The van der Waals surface area contributed by atoms with Gasteiger partial charge >= 0.3 is 0 Å². The monoisotopic (exact) mass is 176 g/mol. The Morgan fingerprint density at radius 1 is 1.23 bits per heavy atom. The van der Waals surface area contributed by atoms with Crippen LogP contribution < -0.4 is 0 Å². The van der Waals surface area contributed by atoms with Crippen LogP contribution in [0.1, 0.15) is 26.3 Å². The molecule has 13 heavy (non-hydrogen) atoms. The van der Waals surface area contributed by atoms with E-state index >= 15 is 0 Å². The van der Waals surface area contributed by atoms with E-state index in [1.165, 1.54) is 0 Å². The third kappa shape index (κ3) is 3.03. The maximum Gasteiger partial charge on any atom is 0.0801 e. The normalized spacial score (nSPS) is 13.1. The topological polar surface area (TPSA) is 20.2 Å². The van der Waals surface area contributed by atoms with E-state index in [2.05, 4.69) is 0 Å². The molecule has 0 aliphatic carbocycles. The molecule has 0 aliphatic heterocycles. The molecule has 1 nitrogen and oxygen atoms in total. The fourth-order valence-electron chi connectivity index (χ4n) is 0.976. The van der Waals surface area contributed by atoms with Crippen molar-refractivity contribution in [2.75, 3.05) is 0 Å². The minimum atomic E-state index is -0.726. The highest BCUT2D eigenvalue weighted by molar-refractivity contribution is 5.53. The maximum absolute atomic E-state index is 9.68. The van der Waals surface area contributed by atoms with Gasteiger partial charge in [0.15, 0.2) is 0 Å². The average molecular weight is 176 g/mol. The van der Waals surface area contributed by atoms with E-state index in [1.54, 1.807) is 13.8 Å². The Labute approximate surface area is 79.7 Å². The molecule has 0 spiro atoms. The van der Waals surface area contributed by atoms with Gasteiger partial charge in [0.1, 0.15) is 0 Å². The van der Waals surface area contributed by atoms with Gasteiger partial charge in [-0.1, -0.05) is 36.4 Å². The quantitative estimate of drug-likeness (QED) is 0.734. The Bertz CT molecular complexity index is 291. The summed E-state index contributed by atoms with van der Waals surface area (Å²) in [5, 5.41) is 9.68. The van der Waals surface area contributed by atoms with Crippen molar-refractivity contribution in [3.05, 3.63) is 41.5 Å². The fourth-order valence-corrected chi connectivity index (χ4v) is 0.976. The van der Waals surface area contributed by atoms with Crippen LogP contribution in [0.4, 0.5) is 0 Å². The van der Waals surface area contributed by atoms with Crippen molar-refractivity contribution >= 4 is 6.08 Å². The summed E-state index contributed by atoms with van der Waals surface area (Å²) in [7, 11) is 0. The van der Waals surface area contributed by atoms with Gasteiger partial charge in [-0.05, 0) is 31.9 Å². The van der Waals surface area contributed by atoms with Crippen LogP contribution in [0.3, 0.4) is 0 Å². The molecule has 1 aromatic carbocycles. The largest absolute Gasteiger partial charge is 0.386 e. The lowest BCUT2D eigenvalue weighted by Crippen LogP contribution is -2.19. The first-order chi connectivity index (χ1) is 6.00. The van der Waals surface area contributed by atoms with Crippen molar-refractivity contribution < 1.29 is 5.11 Å². The van der Waals surface area contributed by atoms with Crippen LogP contribution in [0.5, 0.6) is 0 Å². The summed E-state index contributed by atoms with van der Waals surface area (Å²) >= 11 is 0. The predicted molar refractivity (Wildman–Crippen MR) is 56.4 cm³/mol. The van der Waals surface area contributed by atoms with Crippen molar-refractivity contribution in [1.29, 1.82) is 0 Å². The summed E-state index contributed by atoms with van der Waals surface area (Å²) < 4.78 is 0. The van der Waals surface area contributed by atoms with E-state index in [-0.39, 0.29) is 0 Å². The number of hydrogen-bond acceptors (Lipinski definition) is 1. The molecule has 1 aromatic rings. The molecule has 0 unspecified atom stereocenters. The van der Waals surface area contributed by atoms with Crippen molar-refractivity contribution in [1.82, 2.24) is 0 Å². The van der Waals surface area contributed by atoms with Gasteiger partial charge in [-0.15, -0.1) is 0 Å². The SMILES string of the molecule is C/C(=C\c1ccccc1)C(C)(C)O. The summed E-state index contributed by atoms with van der Waals surface area (Å²) in [6.07, 6.45) is 2.00. The standard InChI is InChI=1S/C12H16O/c1-10(12(2,3)13)9-11-7-5-4-6-8-11/h4-9,13H,1-3H3/b10-9+. The van der Waals surface area contributed by atoms with E-state index in [4.69, 9.17) is 0 Å². The van der Waals surface area contributed by atoms with Crippen molar-refractivity contribution in [2.45, 2.75) is 26.4 Å². The molecule has 0 atom stereocenters. The molecular weight excluding hydrogens is 160 g/mol. The molecule has 70 valence electrons. The lowest BCUT2D eigenvalue weighted by Gasteiger charge is -2.18. The van der Waals surface area contributed by atoms with Gasteiger partial charge in [0.05, 0.1) is 5.60 Å². The maximum atomic E-state index is 9.68. The number of rotatable bonds is 2. The molecule has 1 N–H and O–H groups in total. The molecule has 0 saturated heterocycles. The lowest BCUT2D eigenvalue weighted by molar-refractivity contribution is 0.121. The van der Waals surface area contributed by atoms with Gasteiger partial charge in [0, 0.05) is 0 Å². The van der Waals surface area contributed by atoms with Gasteiger partial charge in [-0.25, -0.2) is 0 Å².